The van der Waals surface area contributed by atoms with Crippen molar-refractivity contribution in [1.82, 2.24) is 9.88 Å². The molecule has 0 atom stereocenters. The normalized spacial score (nSPS) is 17.2. The predicted octanol–water partition coefficient (Wildman–Crippen LogP) is 1.36. The molecule has 0 bridgehead atoms. The summed E-state index contributed by atoms with van der Waals surface area (Å²) in [5.41, 5.74) is -0.0728. The number of nitrogens with zero attached hydrogens (tertiary/aromatic N) is 1. The molecule has 2 heterocycles. The molecule has 0 radical (unpaired) electrons. The number of pyridine rings is 1. The van der Waals surface area contributed by atoms with E-state index in [4.69, 9.17) is 9.84 Å². The molecule has 1 aromatic carbocycles. The summed E-state index contributed by atoms with van der Waals surface area (Å²) in [7, 11) is 0. The van der Waals surface area contributed by atoms with Gasteiger partial charge in [-0.1, -0.05) is 0 Å². The third kappa shape index (κ3) is 3.25. The van der Waals surface area contributed by atoms with Gasteiger partial charge in [0.25, 0.3) is 5.56 Å². The molecule has 112 valence electrons. The van der Waals surface area contributed by atoms with E-state index < -0.39 is 0 Å². The largest absolute Gasteiger partial charge is 0.490 e. The highest BCUT2D eigenvalue weighted by molar-refractivity contribution is 5.82. The Labute approximate surface area is 123 Å². The Bertz CT molecular complexity index is 660. The lowest BCUT2D eigenvalue weighted by Gasteiger charge is -2.31. The number of benzene rings is 1. The van der Waals surface area contributed by atoms with Crippen LogP contribution in [0.5, 0.6) is 5.75 Å². The number of piperidine rings is 1. The fourth-order valence-electron chi connectivity index (χ4n) is 2.83. The summed E-state index contributed by atoms with van der Waals surface area (Å²) in [5.74, 6) is 0.814. The van der Waals surface area contributed by atoms with Crippen LogP contribution in [0.15, 0.2) is 35.3 Å². The van der Waals surface area contributed by atoms with Crippen LogP contribution in [0.1, 0.15) is 12.8 Å². The van der Waals surface area contributed by atoms with E-state index in [-0.39, 0.29) is 18.3 Å². The summed E-state index contributed by atoms with van der Waals surface area (Å²) in [5, 5.41) is 10.5. The van der Waals surface area contributed by atoms with Crippen LogP contribution in [0, 0.1) is 0 Å². The molecule has 5 heteroatoms. The van der Waals surface area contributed by atoms with Crippen LogP contribution in [0.3, 0.4) is 0 Å². The molecule has 3 rings (SSSR count). The van der Waals surface area contributed by atoms with E-state index in [1.54, 1.807) is 6.20 Å². The minimum atomic E-state index is -0.0728. The highest BCUT2D eigenvalue weighted by atomic mass is 16.5. The molecule has 0 unspecified atom stereocenters. The lowest BCUT2D eigenvalue weighted by molar-refractivity contribution is 0.0890. The topological polar surface area (TPSA) is 65.6 Å². The maximum Gasteiger partial charge on any atom is 0.255 e. The van der Waals surface area contributed by atoms with Crippen LogP contribution < -0.4 is 10.3 Å². The van der Waals surface area contributed by atoms with Gasteiger partial charge in [0.15, 0.2) is 0 Å². The molecule has 5 nitrogen and oxygen atoms in total. The molecule has 0 spiro atoms. The average Bonchev–Trinajstić information content (AvgIpc) is 2.50. The second-order valence-corrected chi connectivity index (χ2v) is 5.44. The van der Waals surface area contributed by atoms with Gasteiger partial charge in [-0.25, -0.2) is 0 Å². The van der Waals surface area contributed by atoms with Gasteiger partial charge in [0, 0.05) is 31.2 Å². The Balaban J connectivity index is 1.67. The van der Waals surface area contributed by atoms with E-state index in [0.29, 0.717) is 5.39 Å². The number of aromatic nitrogens is 1. The van der Waals surface area contributed by atoms with Crippen LogP contribution in [-0.4, -0.2) is 47.3 Å². The fourth-order valence-corrected chi connectivity index (χ4v) is 2.83. The number of fused-ring (bicyclic) bond motifs is 1. The number of aliphatic hydroxyl groups excluding tert-OH is 1. The molecule has 0 amide bonds. The molecule has 1 aliphatic heterocycles. The summed E-state index contributed by atoms with van der Waals surface area (Å²) >= 11 is 0. The lowest BCUT2D eigenvalue weighted by atomic mass is 10.1. The molecular weight excluding hydrogens is 268 g/mol. The van der Waals surface area contributed by atoms with E-state index in [0.717, 1.165) is 43.6 Å². The molecule has 2 N–H and O–H groups in total. The zero-order chi connectivity index (χ0) is 14.7. The number of ether oxygens (including phenoxy) is 1. The molecule has 21 heavy (non-hydrogen) atoms. The molecule has 2 aromatic rings. The first-order chi connectivity index (χ1) is 10.3. The van der Waals surface area contributed by atoms with Crippen molar-refractivity contribution >= 4 is 10.8 Å². The fraction of sp³-hybridized carbons (Fsp3) is 0.438. The number of hydrogen-bond acceptors (Lipinski definition) is 4. The van der Waals surface area contributed by atoms with Crippen LogP contribution in [0.2, 0.25) is 0 Å². The van der Waals surface area contributed by atoms with Crippen molar-refractivity contribution in [2.75, 3.05) is 26.2 Å². The molecule has 1 aliphatic rings. The second kappa shape index (κ2) is 6.28. The Morgan fingerprint density at radius 1 is 1.29 bits per heavy atom. The highest BCUT2D eigenvalue weighted by Gasteiger charge is 2.20. The summed E-state index contributed by atoms with van der Waals surface area (Å²) in [6.45, 7) is 2.87. The lowest BCUT2D eigenvalue weighted by Crippen LogP contribution is -2.39. The maximum atomic E-state index is 11.7. The number of aromatic amines is 1. The van der Waals surface area contributed by atoms with Gasteiger partial charge in [-0.3, -0.25) is 4.79 Å². The number of H-pyrrole nitrogens is 1. The van der Waals surface area contributed by atoms with Crippen molar-refractivity contribution in [3.63, 3.8) is 0 Å². The smallest absolute Gasteiger partial charge is 0.255 e. The van der Waals surface area contributed by atoms with Gasteiger partial charge >= 0.3 is 0 Å². The monoisotopic (exact) mass is 288 g/mol. The molecule has 1 saturated heterocycles. The van der Waals surface area contributed by atoms with Gasteiger partial charge < -0.3 is 19.7 Å². The molecular formula is C16H20N2O3. The van der Waals surface area contributed by atoms with Gasteiger partial charge in [-0.05, 0) is 42.5 Å². The zero-order valence-electron chi connectivity index (χ0n) is 11.9. The first kappa shape index (κ1) is 14.1. The summed E-state index contributed by atoms with van der Waals surface area (Å²) in [6.07, 6.45) is 3.79. The van der Waals surface area contributed by atoms with Crippen LogP contribution in [0.4, 0.5) is 0 Å². The zero-order valence-corrected chi connectivity index (χ0v) is 11.9. The number of rotatable bonds is 4. The van der Waals surface area contributed by atoms with E-state index in [2.05, 4.69) is 9.88 Å². The van der Waals surface area contributed by atoms with E-state index >= 15 is 0 Å². The standard InChI is InChI=1S/C16H20N2O3/c19-10-9-18-7-4-13(5-8-18)21-14-1-2-15-12(11-14)3-6-17-16(15)20/h1-3,6,11,13,19H,4-5,7-10H2,(H,17,20). The maximum absolute atomic E-state index is 11.7. The van der Waals surface area contributed by atoms with Gasteiger partial charge in [-0.2, -0.15) is 0 Å². The summed E-state index contributed by atoms with van der Waals surface area (Å²) in [4.78, 5) is 16.6. The Morgan fingerprint density at radius 3 is 2.86 bits per heavy atom. The van der Waals surface area contributed by atoms with Gasteiger partial charge in [-0.15, -0.1) is 0 Å². The molecule has 0 aliphatic carbocycles. The third-order valence-electron chi connectivity index (χ3n) is 4.00. The van der Waals surface area contributed by atoms with Crippen molar-refractivity contribution in [1.29, 1.82) is 0 Å². The number of aliphatic hydroxyl groups is 1. The molecule has 1 aromatic heterocycles. The van der Waals surface area contributed by atoms with E-state index in [1.807, 2.05) is 24.3 Å². The number of hydrogen-bond donors (Lipinski definition) is 2. The Morgan fingerprint density at radius 2 is 2.10 bits per heavy atom. The van der Waals surface area contributed by atoms with Gasteiger partial charge in [0.2, 0.25) is 0 Å². The van der Waals surface area contributed by atoms with Crippen LogP contribution in [-0.2, 0) is 0 Å². The van der Waals surface area contributed by atoms with Crippen molar-refractivity contribution in [3.8, 4) is 5.75 Å². The van der Waals surface area contributed by atoms with E-state index in [9.17, 15) is 4.79 Å². The van der Waals surface area contributed by atoms with Gasteiger partial charge in [0.05, 0.1) is 6.61 Å². The predicted molar refractivity (Wildman–Crippen MR) is 81.7 cm³/mol. The SMILES string of the molecule is O=c1[nH]ccc2cc(OC3CCN(CCO)CC3)ccc12. The van der Waals surface area contributed by atoms with Crippen LogP contribution in [0.25, 0.3) is 10.8 Å². The third-order valence-corrected chi connectivity index (χ3v) is 4.00. The average molecular weight is 288 g/mol. The van der Waals surface area contributed by atoms with Crippen molar-refractivity contribution in [2.45, 2.75) is 18.9 Å². The van der Waals surface area contributed by atoms with Crippen LogP contribution >= 0.6 is 0 Å². The minimum absolute atomic E-state index is 0.0728. The van der Waals surface area contributed by atoms with Crippen molar-refractivity contribution in [3.05, 3.63) is 40.8 Å². The Kier molecular flexibility index (Phi) is 4.22. The quantitative estimate of drug-likeness (QED) is 0.891. The first-order valence-corrected chi connectivity index (χ1v) is 7.37. The Hall–Kier alpha value is -1.85. The molecule has 0 saturated carbocycles. The number of likely N-dealkylation sites (tertiary alicyclic amines) is 1. The van der Waals surface area contributed by atoms with Crippen molar-refractivity contribution < 1.29 is 9.84 Å². The molecule has 1 fully saturated rings. The number of β-amino-alcohol motifs (C(OH)–C–C–N with tert-alkyl or cyclic N) is 1. The van der Waals surface area contributed by atoms with Crippen molar-refractivity contribution in [2.24, 2.45) is 0 Å². The second-order valence-electron chi connectivity index (χ2n) is 5.44. The van der Waals surface area contributed by atoms with E-state index in [1.165, 1.54) is 0 Å². The summed E-state index contributed by atoms with van der Waals surface area (Å²) < 4.78 is 6.03. The first-order valence-electron chi connectivity index (χ1n) is 7.37. The highest BCUT2D eigenvalue weighted by Crippen LogP contribution is 2.22. The number of nitrogens with one attached hydrogen (secondary N) is 1. The minimum Gasteiger partial charge on any atom is -0.490 e. The van der Waals surface area contributed by atoms with Gasteiger partial charge in [0.1, 0.15) is 11.9 Å². The summed E-state index contributed by atoms with van der Waals surface area (Å²) in [6, 6.07) is 7.47.